The molecule has 0 atom stereocenters. The van der Waals surface area contributed by atoms with Crippen LogP contribution in [-0.2, 0) is 13.0 Å². The van der Waals surface area contributed by atoms with Crippen molar-refractivity contribution in [3.63, 3.8) is 0 Å². The molecule has 0 aliphatic heterocycles. The van der Waals surface area contributed by atoms with Gasteiger partial charge in [-0.05, 0) is 27.3 Å². The molecule has 5 aromatic rings. The molecule has 1 N–H and O–H groups in total. The number of nitrogens with zero attached hydrogens (tertiary/aromatic N) is 7. The molecule has 0 saturated carbocycles. The summed E-state index contributed by atoms with van der Waals surface area (Å²) in [7, 11) is 0. The number of thioether (sulfide) groups is 2. The van der Waals surface area contributed by atoms with E-state index in [0.29, 0.717) is 22.9 Å². The summed E-state index contributed by atoms with van der Waals surface area (Å²) in [6, 6.07) is 16.8. The van der Waals surface area contributed by atoms with E-state index in [-0.39, 0.29) is 5.41 Å². The van der Waals surface area contributed by atoms with E-state index in [1.165, 1.54) is 5.56 Å². The standard InChI is InChI=1S/C30H36N8S2/c1-18(2)39-28-25-26(29(35-34-28)40-19(3)4)38(24(31-25)16-30(5,6)7)17-20-12-8-9-13-21(20)22-14-10-11-15-23(22)27-32-36-37-33-27/h8-15,18-19H,16-17H2,1-7H3,(H,32,33,36,37). The Hall–Kier alpha value is -3.24. The van der Waals surface area contributed by atoms with Gasteiger partial charge >= 0.3 is 0 Å². The molecule has 5 rings (SSSR count). The van der Waals surface area contributed by atoms with E-state index in [9.17, 15) is 0 Å². The molecule has 2 aromatic carbocycles. The predicted molar refractivity (Wildman–Crippen MR) is 165 cm³/mol. The maximum absolute atomic E-state index is 5.27. The van der Waals surface area contributed by atoms with Gasteiger partial charge in [0.1, 0.15) is 26.9 Å². The van der Waals surface area contributed by atoms with Crippen LogP contribution < -0.4 is 0 Å². The zero-order valence-corrected chi connectivity index (χ0v) is 25.8. The third-order valence-electron chi connectivity index (χ3n) is 6.22. The molecule has 40 heavy (non-hydrogen) atoms. The summed E-state index contributed by atoms with van der Waals surface area (Å²) in [5, 5.41) is 26.9. The number of hydrogen-bond acceptors (Lipinski definition) is 8. The summed E-state index contributed by atoms with van der Waals surface area (Å²) in [6.45, 7) is 16.2. The van der Waals surface area contributed by atoms with Crippen molar-refractivity contribution in [1.82, 2.24) is 40.4 Å². The lowest BCUT2D eigenvalue weighted by atomic mass is 9.91. The summed E-state index contributed by atoms with van der Waals surface area (Å²) in [5.74, 6) is 1.63. The van der Waals surface area contributed by atoms with Crippen LogP contribution in [0.25, 0.3) is 33.5 Å². The van der Waals surface area contributed by atoms with Crippen LogP contribution in [0.15, 0.2) is 58.6 Å². The van der Waals surface area contributed by atoms with Gasteiger partial charge in [-0.3, -0.25) is 0 Å². The number of imidazole rings is 1. The number of tetrazole rings is 1. The highest BCUT2D eigenvalue weighted by Gasteiger charge is 2.25. The number of H-pyrrole nitrogens is 1. The van der Waals surface area contributed by atoms with Crippen LogP contribution in [0, 0.1) is 5.41 Å². The zero-order chi connectivity index (χ0) is 28.4. The fourth-order valence-electron chi connectivity index (χ4n) is 4.72. The molecule has 0 saturated heterocycles. The molecule has 0 amide bonds. The molecule has 0 unspecified atom stereocenters. The van der Waals surface area contributed by atoms with Crippen molar-refractivity contribution in [3.8, 4) is 22.5 Å². The average Bonchev–Trinajstić information content (AvgIpc) is 3.54. The Labute approximate surface area is 244 Å². The van der Waals surface area contributed by atoms with Gasteiger partial charge in [-0.25, -0.2) is 4.98 Å². The van der Waals surface area contributed by atoms with Crippen LogP contribution in [0.4, 0.5) is 0 Å². The maximum atomic E-state index is 5.27. The van der Waals surface area contributed by atoms with Gasteiger partial charge in [0.25, 0.3) is 0 Å². The molecular formula is C30H36N8S2. The van der Waals surface area contributed by atoms with Crippen molar-refractivity contribution in [2.45, 2.75) is 82.0 Å². The van der Waals surface area contributed by atoms with Gasteiger partial charge in [-0.15, -0.1) is 20.4 Å². The van der Waals surface area contributed by atoms with E-state index in [1.807, 2.05) is 12.1 Å². The highest BCUT2D eigenvalue weighted by Crippen LogP contribution is 2.38. The van der Waals surface area contributed by atoms with E-state index in [2.05, 4.69) is 115 Å². The Balaban J connectivity index is 1.72. The molecule has 3 aromatic heterocycles. The average molecular weight is 573 g/mol. The summed E-state index contributed by atoms with van der Waals surface area (Å²) < 4.78 is 2.38. The van der Waals surface area contributed by atoms with Crippen LogP contribution in [0.1, 0.15) is 59.9 Å². The molecule has 0 aliphatic carbocycles. The molecule has 0 fully saturated rings. The molecule has 0 spiro atoms. The fraction of sp³-hybridized carbons (Fsp3) is 0.400. The third-order valence-corrected chi connectivity index (χ3v) is 8.16. The van der Waals surface area contributed by atoms with Crippen molar-refractivity contribution < 1.29 is 0 Å². The number of nitrogens with one attached hydrogen (secondary N) is 1. The molecule has 0 radical (unpaired) electrons. The van der Waals surface area contributed by atoms with Gasteiger partial charge in [0.2, 0.25) is 5.82 Å². The first kappa shape index (κ1) is 28.3. The van der Waals surface area contributed by atoms with Gasteiger partial charge in [0.05, 0.1) is 6.54 Å². The van der Waals surface area contributed by atoms with Crippen LogP contribution in [-0.4, -0.2) is 50.9 Å². The second-order valence-electron chi connectivity index (χ2n) is 11.6. The highest BCUT2D eigenvalue weighted by molar-refractivity contribution is 8.00. The molecule has 3 heterocycles. The first-order chi connectivity index (χ1) is 19.1. The van der Waals surface area contributed by atoms with Crippen molar-refractivity contribution in [3.05, 3.63) is 59.9 Å². The van der Waals surface area contributed by atoms with Gasteiger partial charge < -0.3 is 4.57 Å². The van der Waals surface area contributed by atoms with Crippen LogP contribution >= 0.6 is 23.5 Å². The zero-order valence-electron chi connectivity index (χ0n) is 24.1. The van der Waals surface area contributed by atoms with E-state index < -0.39 is 0 Å². The number of hydrogen-bond donors (Lipinski definition) is 1. The number of aromatic nitrogens is 8. The molecule has 0 bridgehead atoms. The van der Waals surface area contributed by atoms with Crippen molar-refractivity contribution >= 4 is 34.6 Å². The fourth-order valence-corrected chi connectivity index (χ4v) is 6.36. The number of benzene rings is 2. The quantitative estimate of drug-likeness (QED) is 0.184. The Morgan fingerprint density at radius 3 is 2.08 bits per heavy atom. The first-order valence-corrected chi connectivity index (χ1v) is 15.4. The minimum Gasteiger partial charge on any atom is -0.321 e. The smallest absolute Gasteiger partial charge is 0.205 e. The summed E-state index contributed by atoms with van der Waals surface area (Å²) in [6.07, 6.45) is 0.834. The largest absolute Gasteiger partial charge is 0.321 e. The number of rotatable bonds is 9. The van der Waals surface area contributed by atoms with E-state index in [1.54, 1.807) is 23.5 Å². The van der Waals surface area contributed by atoms with Crippen LogP contribution in [0.3, 0.4) is 0 Å². The molecule has 8 nitrogen and oxygen atoms in total. The van der Waals surface area contributed by atoms with Crippen LogP contribution in [0.2, 0.25) is 0 Å². The van der Waals surface area contributed by atoms with Crippen molar-refractivity contribution in [1.29, 1.82) is 0 Å². The number of aromatic amines is 1. The topological polar surface area (TPSA) is 98.1 Å². The Kier molecular flexibility index (Phi) is 8.28. The first-order valence-electron chi connectivity index (χ1n) is 13.6. The molecule has 10 heteroatoms. The van der Waals surface area contributed by atoms with Gasteiger partial charge in [-0.1, -0.05) is 121 Å². The van der Waals surface area contributed by atoms with E-state index in [4.69, 9.17) is 10.1 Å². The monoisotopic (exact) mass is 572 g/mol. The lowest BCUT2D eigenvalue weighted by molar-refractivity contribution is 0.394. The summed E-state index contributed by atoms with van der Waals surface area (Å²) in [5.41, 5.74) is 6.38. The second kappa shape index (κ2) is 11.7. The van der Waals surface area contributed by atoms with Gasteiger partial charge in [-0.2, -0.15) is 5.21 Å². The maximum Gasteiger partial charge on any atom is 0.205 e. The Bertz CT molecular complexity index is 1600. The normalized spacial score (nSPS) is 12.2. The predicted octanol–water partition coefficient (Wildman–Crippen LogP) is 7.31. The Morgan fingerprint density at radius 1 is 0.800 bits per heavy atom. The molecule has 208 valence electrons. The van der Waals surface area contributed by atoms with Crippen molar-refractivity contribution in [2.24, 2.45) is 5.41 Å². The summed E-state index contributed by atoms with van der Waals surface area (Å²) >= 11 is 3.46. The second-order valence-corrected chi connectivity index (χ2v) is 14.8. The van der Waals surface area contributed by atoms with E-state index >= 15 is 0 Å². The lowest BCUT2D eigenvalue weighted by Crippen LogP contribution is -2.15. The van der Waals surface area contributed by atoms with E-state index in [0.717, 1.165) is 50.0 Å². The Morgan fingerprint density at radius 2 is 1.43 bits per heavy atom. The van der Waals surface area contributed by atoms with Crippen LogP contribution in [0.5, 0.6) is 0 Å². The lowest BCUT2D eigenvalue weighted by Gasteiger charge is -2.20. The van der Waals surface area contributed by atoms with Crippen molar-refractivity contribution in [2.75, 3.05) is 0 Å². The molecular weight excluding hydrogens is 537 g/mol. The SMILES string of the molecule is CC(C)Sc1nnc(SC(C)C)c2c1nc(CC(C)(C)C)n2Cc1ccccc1-c1ccccc1-c1nn[nH]n1. The third kappa shape index (κ3) is 6.23. The van der Waals surface area contributed by atoms with Gasteiger partial charge in [0.15, 0.2) is 0 Å². The van der Waals surface area contributed by atoms with Gasteiger partial charge in [0, 0.05) is 22.5 Å². The minimum atomic E-state index is 0.0570. The molecule has 0 aliphatic rings. The minimum absolute atomic E-state index is 0.0570. The number of fused-ring (bicyclic) bond motifs is 1. The summed E-state index contributed by atoms with van der Waals surface area (Å²) in [4.78, 5) is 5.27. The highest BCUT2D eigenvalue weighted by atomic mass is 32.2.